The number of carboxylic acids is 1. The first-order valence-electron chi connectivity index (χ1n) is 5.53. The third-order valence-corrected chi connectivity index (χ3v) is 2.77. The van der Waals surface area contributed by atoms with Gasteiger partial charge in [0.05, 0.1) is 11.3 Å². The summed E-state index contributed by atoms with van der Waals surface area (Å²) in [5.41, 5.74) is 1.63. The average molecular weight is 280 g/mol. The van der Waals surface area contributed by atoms with Gasteiger partial charge in [-0.15, -0.1) is 0 Å². The molecule has 0 aliphatic rings. The molecule has 0 atom stereocenters. The van der Waals surface area contributed by atoms with E-state index >= 15 is 0 Å². The molecule has 98 valence electrons. The molecule has 0 amide bonds. The number of rotatable bonds is 3. The van der Waals surface area contributed by atoms with Crippen LogP contribution in [0.1, 0.15) is 15.9 Å². The summed E-state index contributed by atoms with van der Waals surface area (Å²) in [7, 11) is 0. The maximum Gasteiger partial charge on any atom is 0.337 e. The second-order valence-corrected chi connectivity index (χ2v) is 4.57. The van der Waals surface area contributed by atoms with Crippen molar-refractivity contribution in [1.82, 2.24) is 0 Å². The number of aryl methyl sites for hydroxylation is 1. The Kier molecular flexibility index (Phi) is 3.71. The molecule has 19 heavy (non-hydrogen) atoms. The first kappa shape index (κ1) is 13.4. The van der Waals surface area contributed by atoms with E-state index < -0.39 is 5.97 Å². The number of carboxylic acid groups (broad SMARTS) is 1. The maximum absolute atomic E-state index is 13.3. The number of nitrogens with one attached hydrogen (secondary N) is 1. The van der Waals surface area contributed by atoms with Crippen LogP contribution < -0.4 is 5.32 Å². The summed E-state index contributed by atoms with van der Waals surface area (Å²) in [6.07, 6.45) is 0. The molecule has 0 saturated heterocycles. The second kappa shape index (κ2) is 5.28. The van der Waals surface area contributed by atoms with Gasteiger partial charge >= 0.3 is 5.97 Å². The topological polar surface area (TPSA) is 49.3 Å². The van der Waals surface area contributed by atoms with E-state index in [-0.39, 0.29) is 11.4 Å². The molecule has 0 aliphatic heterocycles. The van der Waals surface area contributed by atoms with Gasteiger partial charge in [0.1, 0.15) is 5.82 Å². The fraction of sp³-hybridized carbons (Fsp3) is 0.0714. The van der Waals surface area contributed by atoms with Gasteiger partial charge in [0.25, 0.3) is 0 Å². The predicted molar refractivity (Wildman–Crippen MR) is 72.8 cm³/mol. The Morgan fingerprint density at radius 3 is 2.63 bits per heavy atom. The van der Waals surface area contributed by atoms with Gasteiger partial charge in [-0.05, 0) is 48.9 Å². The smallest absolute Gasteiger partial charge is 0.337 e. The third-order valence-electron chi connectivity index (χ3n) is 2.53. The molecule has 0 aliphatic carbocycles. The summed E-state index contributed by atoms with van der Waals surface area (Å²) in [6, 6.07) is 8.88. The van der Waals surface area contributed by atoms with Crippen LogP contribution in [0.15, 0.2) is 36.4 Å². The van der Waals surface area contributed by atoms with Crippen LogP contribution in [0.3, 0.4) is 0 Å². The minimum atomic E-state index is -1.10. The highest BCUT2D eigenvalue weighted by Crippen LogP contribution is 2.25. The molecule has 0 radical (unpaired) electrons. The zero-order valence-electron chi connectivity index (χ0n) is 10.1. The molecule has 2 rings (SSSR count). The molecule has 0 unspecified atom stereocenters. The van der Waals surface area contributed by atoms with Gasteiger partial charge in [-0.2, -0.15) is 0 Å². The lowest BCUT2D eigenvalue weighted by Crippen LogP contribution is -2.03. The van der Waals surface area contributed by atoms with Crippen LogP contribution in [0, 0.1) is 12.7 Å². The normalized spacial score (nSPS) is 10.3. The van der Waals surface area contributed by atoms with Crippen LogP contribution in [0.25, 0.3) is 0 Å². The minimum Gasteiger partial charge on any atom is -0.478 e. The van der Waals surface area contributed by atoms with E-state index in [0.29, 0.717) is 16.4 Å². The van der Waals surface area contributed by atoms with Crippen molar-refractivity contribution in [1.29, 1.82) is 0 Å². The van der Waals surface area contributed by atoms with E-state index in [2.05, 4.69) is 5.32 Å². The SMILES string of the molecule is Cc1cc(F)cc(Nc2ccc(Cl)cc2C(=O)O)c1. The molecule has 0 heterocycles. The van der Waals surface area contributed by atoms with Gasteiger partial charge in [0, 0.05) is 10.7 Å². The van der Waals surface area contributed by atoms with Gasteiger partial charge in [-0.3, -0.25) is 0 Å². The number of anilines is 2. The van der Waals surface area contributed by atoms with E-state index in [1.54, 1.807) is 25.1 Å². The molecular formula is C14H11ClFNO2. The highest BCUT2D eigenvalue weighted by Gasteiger charge is 2.11. The van der Waals surface area contributed by atoms with Crippen molar-refractivity contribution in [2.75, 3.05) is 5.32 Å². The summed E-state index contributed by atoms with van der Waals surface area (Å²) in [5.74, 6) is -1.48. The van der Waals surface area contributed by atoms with Gasteiger partial charge in [0.15, 0.2) is 0 Å². The lowest BCUT2D eigenvalue weighted by molar-refractivity contribution is 0.0698. The second-order valence-electron chi connectivity index (χ2n) is 4.14. The summed E-state index contributed by atoms with van der Waals surface area (Å²) in [5, 5.41) is 12.3. The number of halogens is 2. The molecule has 0 spiro atoms. The van der Waals surface area contributed by atoms with Crippen molar-refractivity contribution >= 4 is 28.9 Å². The average Bonchev–Trinajstić information content (AvgIpc) is 2.30. The van der Waals surface area contributed by atoms with E-state index in [1.807, 2.05) is 0 Å². The van der Waals surface area contributed by atoms with Crippen molar-refractivity contribution in [3.63, 3.8) is 0 Å². The van der Waals surface area contributed by atoms with Crippen LogP contribution in [0.4, 0.5) is 15.8 Å². The molecule has 0 saturated carbocycles. The zero-order valence-corrected chi connectivity index (χ0v) is 10.8. The van der Waals surface area contributed by atoms with Crippen molar-refractivity contribution < 1.29 is 14.3 Å². The summed E-state index contributed by atoms with van der Waals surface area (Å²) >= 11 is 5.76. The molecule has 5 heteroatoms. The fourth-order valence-corrected chi connectivity index (χ4v) is 1.94. The molecular weight excluding hydrogens is 269 g/mol. The number of carbonyl (C=O) groups is 1. The monoisotopic (exact) mass is 279 g/mol. The van der Waals surface area contributed by atoms with Crippen LogP contribution >= 0.6 is 11.6 Å². The highest BCUT2D eigenvalue weighted by atomic mass is 35.5. The van der Waals surface area contributed by atoms with Crippen LogP contribution in [-0.2, 0) is 0 Å². The highest BCUT2D eigenvalue weighted by molar-refractivity contribution is 6.31. The van der Waals surface area contributed by atoms with E-state index in [0.717, 1.165) is 5.56 Å². The molecule has 0 bridgehead atoms. The molecule has 3 nitrogen and oxygen atoms in total. The first-order chi connectivity index (χ1) is 8.95. The van der Waals surface area contributed by atoms with Crippen molar-refractivity contribution in [3.8, 4) is 0 Å². The summed E-state index contributed by atoms with van der Waals surface area (Å²) in [4.78, 5) is 11.1. The lowest BCUT2D eigenvalue weighted by Gasteiger charge is -2.10. The third kappa shape index (κ3) is 3.23. The summed E-state index contributed by atoms with van der Waals surface area (Å²) < 4.78 is 13.3. The predicted octanol–water partition coefficient (Wildman–Crippen LogP) is 4.23. The van der Waals surface area contributed by atoms with Gasteiger partial charge < -0.3 is 10.4 Å². The fourth-order valence-electron chi connectivity index (χ4n) is 1.77. The molecule has 2 N–H and O–H groups in total. The molecule has 0 aromatic heterocycles. The standard InChI is InChI=1S/C14H11ClFNO2/c1-8-4-10(16)7-11(5-8)17-13-3-2-9(15)6-12(13)14(18)19/h2-7,17H,1H3,(H,18,19). The summed E-state index contributed by atoms with van der Waals surface area (Å²) in [6.45, 7) is 1.76. The Morgan fingerprint density at radius 2 is 2.00 bits per heavy atom. The quantitative estimate of drug-likeness (QED) is 0.884. The van der Waals surface area contributed by atoms with Gasteiger partial charge in [-0.25, -0.2) is 9.18 Å². The largest absolute Gasteiger partial charge is 0.478 e. The van der Waals surface area contributed by atoms with Crippen LogP contribution in [0.5, 0.6) is 0 Å². The van der Waals surface area contributed by atoms with Crippen molar-refractivity contribution in [2.24, 2.45) is 0 Å². The number of hydrogen-bond donors (Lipinski definition) is 2. The lowest BCUT2D eigenvalue weighted by atomic mass is 10.1. The zero-order chi connectivity index (χ0) is 14.0. The Bertz CT molecular complexity index is 623. The Balaban J connectivity index is 2.40. The minimum absolute atomic E-state index is 0.0365. The molecule has 2 aromatic carbocycles. The maximum atomic E-state index is 13.3. The van der Waals surface area contributed by atoms with E-state index in [9.17, 15) is 9.18 Å². The van der Waals surface area contributed by atoms with Gasteiger partial charge in [-0.1, -0.05) is 11.6 Å². The number of benzene rings is 2. The Labute approximate surface area is 114 Å². The van der Waals surface area contributed by atoms with Crippen molar-refractivity contribution in [2.45, 2.75) is 6.92 Å². The van der Waals surface area contributed by atoms with Crippen molar-refractivity contribution in [3.05, 3.63) is 58.4 Å². The molecule has 0 fully saturated rings. The molecule has 2 aromatic rings. The first-order valence-corrected chi connectivity index (χ1v) is 5.90. The van der Waals surface area contributed by atoms with Gasteiger partial charge in [0.2, 0.25) is 0 Å². The Morgan fingerprint density at radius 1 is 1.26 bits per heavy atom. The Hall–Kier alpha value is -2.07. The van der Waals surface area contributed by atoms with Crippen LogP contribution in [0.2, 0.25) is 5.02 Å². The van der Waals surface area contributed by atoms with Crippen LogP contribution in [-0.4, -0.2) is 11.1 Å². The van der Waals surface area contributed by atoms with E-state index in [1.165, 1.54) is 18.2 Å². The number of hydrogen-bond acceptors (Lipinski definition) is 2. The number of aromatic carboxylic acids is 1. The van der Waals surface area contributed by atoms with E-state index in [4.69, 9.17) is 16.7 Å².